The van der Waals surface area contributed by atoms with E-state index >= 15 is 0 Å². The number of nitrogens with zero attached hydrogens (tertiary/aromatic N) is 1. The zero-order valence-electron chi connectivity index (χ0n) is 8.07. The van der Waals surface area contributed by atoms with Crippen molar-refractivity contribution in [2.75, 3.05) is 17.7 Å². The molecule has 14 heavy (non-hydrogen) atoms. The van der Waals surface area contributed by atoms with E-state index in [1.807, 2.05) is 49.8 Å². The summed E-state index contributed by atoms with van der Waals surface area (Å²) in [7, 11) is 2.02. The highest BCUT2D eigenvalue weighted by molar-refractivity contribution is 5.63. The van der Waals surface area contributed by atoms with E-state index in [-0.39, 0.29) is 0 Å². The summed E-state index contributed by atoms with van der Waals surface area (Å²) >= 11 is 0. The van der Waals surface area contributed by atoms with Gasteiger partial charge in [-0.2, -0.15) is 0 Å². The minimum atomic E-state index is 0.788. The Morgan fingerprint density at radius 2 is 1.79 bits per heavy atom. The molecule has 3 nitrogen and oxygen atoms in total. The number of anilines is 3. The average molecular weight is 187 g/mol. The normalized spacial score (nSPS) is 10.1. The van der Waals surface area contributed by atoms with Crippen LogP contribution < -0.4 is 10.6 Å². The molecule has 0 bridgehead atoms. The molecule has 2 aromatic rings. The van der Waals surface area contributed by atoms with Crippen LogP contribution in [0.15, 0.2) is 42.7 Å². The number of benzene rings is 1. The zero-order chi connectivity index (χ0) is 9.97. The van der Waals surface area contributed by atoms with Crippen LogP contribution in [0.2, 0.25) is 0 Å². The van der Waals surface area contributed by atoms with Gasteiger partial charge >= 0.3 is 0 Å². The fourth-order valence-electron chi connectivity index (χ4n) is 1.37. The van der Waals surface area contributed by atoms with Gasteiger partial charge in [-0.15, -0.1) is 0 Å². The number of nitrogens with two attached hydrogens (primary N) is 1. The molecule has 0 aliphatic heterocycles. The maximum Gasteiger partial charge on any atom is 0.0585 e. The largest absolute Gasteiger partial charge is 0.399 e. The van der Waals surface area contributed by atoms with Gasteiger partial charge in [0.2, 0.25) is 0 Å². The molecule has 0 unspecified atom stereocenters. The summed E-state index contributed by atoms with van der Waals surface area (Å²) in [5.41, 5.74) is 8.67. The molecule has 0 atom stereocenters. The summed E-state index contributed by atoms with van der Waals surface area (Å²) in [5.74, 6) is 0. The fourth-order valence-corrected chi connectivity index (χ4v) is 1.37. The van der Waals surface area contributed by atoms with E-state index in [0.29, 0.717) is 0 Å². The Hall–Kier alpha value is -1.90. The number of nitrogen functional groups attached to an aromatic ring is 1. The third-order valence-electron chi connectivity index (χ3n) is 2.25. The van der Waals surface area contributed by atoms with E-state index in [1.165, 1.54) is 0 Å². The van der Waals surface area contributed by atoms with Crippen molar-refractivity contribution in [3.63, 3.8) is 0 Å². The van der Waals surface area contributed by atoms with Gasteiger partial charge < -0.3 is 15.6 Å². The van der Waals surface area contributed by atoms with E-state index < -0.39 is 0 Å². The Kier molecular flexibility index (Phi) is 2.14. The van der Waals surface area contributed by atoms with Crippen molar-refractivity contribution in [1.82, 2.24) is 4.98 Å². The van der Waals surface area contributed by atoms with Crippen LogP contribution in [0.1, 0.15) is 0 Å². The Morgan fingerprint density at radius 3 is 2.36 bits per heavy atom. The Balaban J connectivity index is 2.28. The quantitative estimate of drug-likeness (QED) is 0.709. The minimum Gasteiger partial charge on any atom is -0.399 e. The molecule has 0 fully saturated rings. The molecular formula is C11H13N3. The molecule has 1 aromatic carbocycles. The van der Waals surface area contributed by atoms with E-state index in [2.05, 4.69) is 9.88 Å². The monoisotopic (exact) mass is 187 g/mol. The predicted octanol–water partition coefficient (Wildman–Crippen LogP) is 2.36. The van der Waals surface area contributed by atoms with E-state index in [9.17, 15) is 0 Å². The van der Waals surface area contributed by atoms with Crippen molar-refractivity contribution in [3.05, 3.63) is 42.7 Å². The molecule has 0 spiro atoms. The van der Waals surface area contributed by atoms with Gasteiger partial charge in [-0.25, -0.2) is 0 Å². The summed E-state index contributed by atoms with van der Waals surface area (Å²) in [6, 6.07) is 9.83. The van der Waals surface area contributed by atoms with Crippen LogP contribution in [-0.4, -0.2) is 12.0 Å². The Bertz CT molecular complexity index is 389. The van der Waals surface area contributed by atoms with Gasteiger partial charge in [0.1, 0.15) is 0 Å². The molecule has 0 aliphatic rings. The van der Waals surface area contributed by atoms with Crippen molar-refractivity contribution in [2.24, 2.45) is 0 Å². The van der Waals surface area contributed by atoms with Crippen molar-refractivity contribution < 1.29 is 0 Å². The lowest BCUT2D eigenvalue weighted by atomic mass is 10.2. The predicted molar refractivity (Wildman–Crippen MR) is 59.7 cm³/mol. The molecule has 3 heteroatoms. The second-order valence-corrected chi connectivity index (χ2v) is 3.22. The summed E-state index contributed by atoms with van der Waals surface area (Å²) in [6.45, 7) is 0. The van der Waals surface area contributed by atoms with Crippen molar-refractivity contribution in [3.8, 4) is 0 Å². The van der Waals surface area contributed by atoms with Gasteiger partial charge in [-0.1, -0.05) is 0 Å². The number of hydrogen-bond acceptors (Lipinski definition) is 2. The Morgan fingerprint density at radius 1 is 1.07 bits per heavy atom. The summed E-state index contributed by atoms with van der Waals surface area (Å²) in [4.78, 5) is 5.12. The van der Waals surface area contributed by atoms with Crippen molar-refractivity contribution in [2.45, 2.75) is 0 Å². The maximum atomic E-state index is 5.62. The number of nitrogens with one attached hydrogen (secondary N) is 1. The molecule has 0 saturated heterocycles. The maximum absolute atomic E-state index is 5.62. The van der Waals surface area contributed by atoms with Crippen LogP contribution in [-0.2, 0) is 0 Å². The number of rotatable bonds is 2. The number of H-pyrrole nitrogens is 1. The lowest BCUT2D eigenvalue weighted by Gasteiger charge is -2.17. The van der Waals surface area contributed by atoms with Crippen LogP contribution in [0, 0.1) is 0 Å². The lowest BCUT2D eigenvalue weighted by molar-refractivity contribution is 1.21. The van der Waals surface area contributed by atoms with E-state index in [4.69, 9.17) is 5.73 Å². The molecule has 0 saturated carbocycles. The van der Waals surface area contributed by atoms with Crippen LogP contribution >= 0.6 is 0 Å². The van der Waals surface area contributed by atoms with Gasteiger partial charge in [-0.05, 0) is 30.3 Å². The van der Waals surface area contributed by atoms with Crippen molar-refractivity contribution >= 4 is 17.1 Å². The van der Waals surface area contributed by atoms with Crippen molar-refractivity contribution in [1.29, 1.82) is 0 Å². The first-order valence-corrected chi connectivity index (χ1v) is 4.49. The third kappa shape index (κ3) is 1.57. The molecule has 0 amide bonds. The fraction of sp³-hybridized carbons (Fsp3) is 0.0909. The van der Waals surface area contributed by atoms with E-state index in [0.717, 1.165) is 17.1 Å². The first-order valence-electron chi connectivity index (χ1n) is 4.49. The van der Waals surface area contributed by atoms with Gasteiger partial charge in [0, 0.05) is 30.8 Å². The molecule has 0 radical (unpaired) electrons. The van der Waals surface area contributed by atoms with Crippen LogP contribution in [0.3, 0.4) is 0 Å². The lowest BCUT2D eigenvalue weighted by Crippen LogP contribution is -2.08. The number of hydrogen-bond donors (Lipinski definition) is 2. The second kappa shape index (κ2) is 3.46. The second-order valence-electron chi connectivity index (χ2n) is 3.22. The first kappa shape index (κ1) is 8.69. The standard InChI is InChI=1S/C11H13N3/c1-14(11-6-7-13-8-11)10-4-2-9(12)3-5-10/h2-8,13H,12H2,1H3. The first-order chi connectivity index (χ1) is 6.77. The van der Waals surface area contributed by atoms with Gasteiger partial charge in [-0.3, -0.25) is 0 Å². The summed E-state index contributed by atoms with van der Waals surface area (Å²) in [5, 5.41) is 0. The van der Waals surface area contributed by atoms with Crippen LogP contribution in [0.4, 0.5) is 17.1 Å². The average Bonchev–Trinajstić information content (AvgIpc) is 2.71. The van der Waals surface area contributed by atoms with Crippen LogP contribution in [0.5, 0.6) is 0 Å². The molecule has 0 aliphatic carbocycles. The molecule has 3 N–H and O–H groups in total. The smallest absolute Gasteiger partial charge is 0.0585 e. The van der Waals surface area contributed by atoms with E-state index in [1.54, 1.807) is 0 Å². The highest BCUT2D eigenvalue weighted by Crippen LogP contribution is 2.23. The van der Waals surface area contributed by atoms with Gasteiger partial charge in [0.05, 0.1) is 5.69 Å². The molecule has 72 valence electrons. The highest BCUT2D eigenvalue weighted by Gasteiger charge is 2.02. The van der Waals surface area contributed by atoms with Gasteiger partial charge in [0.15, 0.2) is 0 Å². The minimum absolute atomic E-state index is 0.788. The summed E-state index contributed by atoms with van der Waals surface area (Å²) < 4.78 is 0. The van der Waals surface area contributed by atoms with Gasteiger partial charge in [0.25, 0.3) is 0 Å². The highest BCUT2D eigenvalue weighted by atomic mass is 15.1. The molecule has 2 rings (SSSR count). The molecule has 1 aromatic heterocycles. The zero-order valence-corrected chi connectivity index (χ0v) is 8.07. The topological polar surface area (TPSA) is 45.0 Å². The summed E-state index contributed by atoms with van der Waals surface area (Å²) in [6.07, 6.45) is 3.86. The number of aromatic amines is 1. The SMILES string of the molecule is CN(c1ccc(N)cc1)c1cc[nH]c1. The van der Waals surface area contributed by atoms with Crippen LogP contribution in [0.25, 0.3) is 0 Å². The third-order valence-corrected chi connectivity index (χ3v) is 2.25. The molecule has 1 heterocycles. The molecular weight excluding hydrogens is 174 g/mol. The number of aromatic nitrogens is 1. The Labute approximate surface area is 83.2 Å².